The fourth-order valence-electron chi connectivity index (χ4n) is 7.24. The van der Waals surface area contributed by atoms with Crippen molar-refractivity contribution in [1.82, 2.24) is 30.2 Å². The normalized spacial score (nSPS) is 25.8. The molecule has 2 bridgehead atoms. The topological polar surface area (TPSA) is 117 Å². The van der Waals surface area contributed by atoms with Gasteiger partial charge in [-0.1, -0.05) is 60.7 Å². The van der Waals surface area contributed by atoms with E-state index in [1.165, 1.54) is 0 Å². The van der Waals surface area contributed by atoms with E-state index in [0.717, 1.165) is 17.5 Å². The summed E-state index contributed by atoms with van der Waals surface area (Å²) in [5, 5.41) is 10.3. The number of amides is 4. The summed E-state index contributed by atoms with van der Waals surface area (Å²) in [7, 11) is 0. The standard InChI is InChI=1S/C35H42N6O4/c1-24-34(44)41-21-27-17-28(22-39(19-27)35(45)29-18-36-40(23-29)20-26-11-6-3-7-12-26)31(41)13-8-14-32(42)38-30(33(43)37-24)16-15-25-9-4-2-5-10-25/h2-7,9-12,18,23-24,27-28,30-31H,8,13-17,19-22H2,1H3,(H,37,43)(H,38,42)/t24-,27+,28-,30+,31+/m1/s1. The van der Waals surface area contributed by atoms with Crippen LogP contribution in [0.3, 0.4) is 0 Å². The zero-order chi connectivity index (χ0) is 31.3. The van der Waals surface area contributed by atoms with Gasteiger partial charge in [0, 0.05) is 38.3 Å². The van der Waals surface area contributed by atoms with Gasteiger partial charge in [-0.2, -0.15) is 5.10 Å². The zero-order valence-corrected chi connectivity index (χ0v) is 25.8. The van der Waals surface area contributed by atoms with Crippen LogP contribution in [0.1, 0.15) is 60.5 Å². The van der Waals surface area contributed by atoms with E-state index in [9.17, 15) is 19.2 Å². The van der Waals surface area contributed by atoms with Crippen LogP contribution < -0.4 is 10.6 Å². The first-order chi connectivity index (χ1) is 21.8. The average Bonchev–Trinajstić information content (AvgIpc) is 3.51. The summed E-state index contributed by atoms with van der Waals surface area (Å²) in [4.78, 5) is 57.6. The van der Waals surface area contributed by atoms with E-state index in [1.807, 2.05) is 76.7 Å². The molecule has 0 unspecified atom stereocenters. The number of hydrogen-bond acceptors (Lipinski definition) is 5. The number of fused-ring (bicyclic) bond motifs is 4. The Balaban J connectivity index is 1.12. The van der Waals surface area contributed by atoms with Crippen LogP contribution in [0, 0.1) is 11.8 Å². The van der Waals surface area contributed by atoms with E-state index < -0.39 is 12.1 Å². The molecule has 2 aromatic carbocycles. The second kappa shape index (κ2) is 13.7. The third-order valence-electron chi connectivity index (χ3n) is 9.46. The van der Waals surface area contributed by atoms with E-state index in [1.54, 1.807) is 17.8 Å². The monoisotopic (exact) mass is 610 g/mol. The van der Waals surface area contributed by atoms with E-state index in [2.05, 4.69) is 15.7 Å². The minimum absolute atomic E-state index is 0.0431. The molecule has 5 atom stereocenters. The lowest BCUT2D eigenvalue weighted by molar-refractivity contribution is -0.145. The second-order valence-corrected chi connectivity index (χ2v) is 12.8. The van der Waals surface area contributed by atoms with Gasteiger partial charge in [-0.25, -0.2) is 0 Å². The van der Waals surface area contributed by atoms with Crippen molar-refractivity contribution >= 4 is 23.6 Å². The van der Waals surface area contributed by atoms with Crippen LogP contribution in [0.4, 0.5) is 0 Å². The number of likely N-dealkylation sites (tertiary alicyclic amines) is 1. The Morgan fingerprint density at radius 3 is 2.42 bits per heavy atom. The number of piperidine rings is 2. The number of hydrogen-bond donors (Lipinski definition) is 2. The van der Waals surface area contributed by atoms with Gasteiger partial charge < -0.3 is 20.4 Å². The van der Waals surface area contributed by atoms with Gasteiger partial charge in [-0.3, -0.25) is 23.9 Å². The van der Waals surface area contributed by atoms with Crippen molar-refractivity contribution in [2.75, 3.05) is 19.6 Å². The van der Waals surface area contributed by atoms with Gasteiger partial charge in [-0.15, -0.1) is 0 Å². The zero-order valence-electron chi connectivity index (χ0n) is 25.8. The molecule has 2 N–H and O–H groups in total. The van der Waals surface area contributed by atoms with Crippen LogP contribution in [-0.2, 0) is 27.3 Å². The lowest BCUT2D eigenvalue weighted by Gasteiger charge is -2.51. The van der Waals surface area contributed by atoms with Gasteiger partial charge in [0.15, 0.2) is 0 Å². The SMILES string of the molecule is C[C@H]1NC(=O)[C@H](CCc2ccccc2)NC(=O)CCC[C@H]2[C@@H]3C[C@@H](CN(C(=O)c4cnn(Cc5ccccc5)c4)C3)CN2C1=O. The van der Waals surface area contributed by atoms with Crippen molar-refractivity contribution in [3.05, 3.63) is 89.7 Å². The van der Waals surface area contributed by atoms with Crippen LogP contribution in [0.25, 0.3) is 0 Å². The van der Waals surface area contributed by atoms with E-state index in [0.29, 0.717) is 57.4 Å². The molecule has 6 rings (SSSR count). The highest BCUT2D eigenvalue weighted by Crippen LogP contribution is 2.36. The van der Waals surface area contributed by atoms with Crippen LogP contribution >= 0.6 is 0 Å². The summed E-state index contributed by atoms with van der Waals surface area (Å²) < 4.78 is 1.79. The van der Waals surface area contributed by atoms with Crippen molar-refractivity contribution in [3.63, 3.8) is 0 Å². The molecule has 3 saturated heterocycles. The molecule has 4 amide bonds. The summed E-state index contributed by atoms with van der Waals surface area (Å²) in [6.45, 7) is 3.96. The maximum atomic E-state index is 13.8. The summed E-state index contributed by atoms with van der Waals surface area (Å²) in [5.74, 6) is -0.394. The quantitative estimate of drug-likeness (QED) is 0.445. The van der Waals surface area contributed by atoms with Crippen molar-refractivity contribution < 1.29 is 19.2 Å². The fourth-order valence-corrected chi connectivity index (χ4v) is 7.24. The van der Waals surface area contributed by atoms with Crippen LogP contribution in [0.5, 0.6) is 0 Å². The Kier molecular flexibility index (Phi) is 9.28. The first-order valence-electron chi connectivity index (χ1n) is 16.1. The first-order valence-corrected chi connectivity index (χ1v) is 16.1. The number of nitrogens with zero attached hydrogens (tertiary/aromatic N) is 4. The van der Waals surface area contributed by atoms with Gasteiger partial charge in [0.1, 0.15) is 12.1 Å². The highest BCUT2D eigenvalue weighted by atomic mass is 16.2. The highest BCUT2D eigenvalue weighted by Gasteiger charge is 2.45. The molecule has 0 saturated carbocycles. The molecule has 3 aliphatic rings. The molecule has 10 nitrogen and oxygen atoms in total. The first kappa shape index (κ1) is 30.6. The van der Waals surface area contributed by atoms with Crippen molar-refractivity contribution in [1.29, 1.82) is 0 Å². The molecule has 3 aliphatic heterocycles. The van der Waals surface area contributed by atoms with Crippen LogP contribution in [0.2, 0.25) is 0 Å². The van der Waals surface area contributed by atoms with Gasteiger partial charge in [0.05, 0.1) is 18.3 Å². The smallest absolute Gasteiger partial charge is 0.257 e. The highest BCUT2D eigenvalue weighted by molar-refractivity contribution is 5.94. The molecular weight excluding hydrogens is 568 g/mol. The number of carbonyl (C=O) groups is 4. The van der Waals surface area contributed by atoms with Gasteiger partial charge in [0.25, 0.3) is 5.91 Å². The molecule has 45 heavy (non-hydrogen) atoms. The number of carbonyl (C=O) groups excluding carboxylic acids is 4. The van der Waals surface area contributed by atoms with Crippen LogP contribution in [-0.4, -0.2) is 81.0 Å². The Hall–Kier alpha value is -4.47. The van der Waals surface area contributed by atoms with E-state index in [-0.39, 0.29) is 47.9 Å². The lowest BCUT2D eigenvalue weighted by atomic mass is 9.77. The molecule has 3 fully saturated rings. The number of aromatic nitrogens is 2. The molecule has 3 aromatic rings. The average molecular weight is 611 g/mol. The molecular formula is C35H42N6O4. The molecule has 10 heteroatoms. The van der Waals surface area contributed by atoms with E-state index >= 15 is 0 Å². The molecule has 0 aliphatic carbocycles. The summed E-state index contributed by atoms with van der Waals surface area (Å²) >= 11 is 0. The van der Waals surface area contributed by atoms with Crippen LogP contribution in [0.15, 0.2) is 73.1 Å². The lowest BCUT2D eigenvalue weighted by Crippen LogP contribution is -2.63. The summed E-state index contributed by atoms with van der Waals surface area (Å²) in [6, 6.07) is 18.3. The molecule has 0 radical (unpaired) electrons. The number of benzene rings is 2. The van der Waals surface area contributed by atoms with Gasteiger partial charge in [-0.05, 0) is 62.0 Å². The van der Waals surface area contributed by atoms with Crippen molar-refractivity contribution in [2.45, 2.75) is 70.1 Å². The summed E-state index contributed by atoms with van der Waals surface area (Å²) in [5.41, 5.74) is 2.76. The predicted octanol–water partition coefficient (Wildman–Crippen LogP) is 3.03. The minimum Gasteiger partial charge on any atom is -0.344 e. The van der Waals surface area contributed by atoms with Gasteiger partial charge >= 0.3 is 0 Å². The number of aryl methyl sites for hydroxylation is 1. The Morgan fingerprint density at radius 2 is 1.67 bits per heavy atom. The maximum absolute atomic E-state index is 13.8. The second-order valence-electron chi connectivity index (χ2n) is 12.8. The number of nitrogens with one attached hydrogen (secondary N) is 2. The Morgan fingerprint density at radius 1 is 0.933 bits per heavy atom. The molecule has 0 spiro atoms. The largest absolute Gasteiger partial charge is 0.344 e. The van der Waals surface area contributed by atoms with E-state index in [4.69, 9.17) is 0 Å². The summed E-state index contributed by atoms with van der Waals surface area (Å²) in [6.07, 6.45) is 7.02. The fraction of sp³-hybridized carbons (Fsp3) is 0.457. The van der Waals surface area contributed by atoms with Crippen molar-refractivity contribution in [2.24, 2.45) is 11.8 Å². The Labute approximate surface area is 264 Å². The molecule has 236 valence electrons. The minimum atomic E-state index is -0.720. The Bertz CT molecular complexity index is 1510. The van der Waals surface area contributed by atoms with Crippen molar-refractivity contribution in [3.8, 4) is 0 Å². The predicted molar refractivity (Wildman–Crippen MR) is 169 cm³/mol. The maximum Gasteiger partial charge on any atom is 0.257 e. The molecule has 4 heterocycles. The molecule has 1 aromatic heterocycles. The number of rotatable bonds is 6. The third kappa shape index (κ3) is 7.27. The van der Waals surface area contributed by atoms with Gasteiger partial charge in [0.2, 0.25) is 17.7 Å². The third-order valence-corrected chi connectivity index (χ3v) is 9.46.